The second-order valence-corrected chi connectivity index (χ2v) is 3.71. The Morgan fingerprint density at radius 3 is 2.23 bits per heavy atom. The number of nitrogens with zero attached hydrogens (tertiary/aromatic N) is 1. The zero-order valence-electron chi connectivity index (χ0n) is 7.66. The van der Waals surface area contributed by atoms with E-state index in [-0.39, 0.29) is 5.79 Å². The van der Waals surface area contributed by atoms with E-state index in [0.29, 0.717) is 18.9 Å². The molecule has 1 heterocycles. The van der Waals surface area contributed by atoms with Crippen LogP contribution < -0.4 is 0 Å². The van der Waals surface area contributed by atoms with E-state index in [9.17, 15) is 0 Å². The van der Waals surface area contributed by atoms with E-state index in [1.54, 1.807) is 0 Å². The first kappa shape index (κ1) is 8.97. The number of rotatable bonds is 0. The van der Waals surface area contributed by atoms with E-state index in [2.05, 4.69) is 5.16 Å². The van der Waals surface area contributed by atoms with Crippen molar-refractivity contribution in [2.24, 2.45) is 5.16 Å². The molecule has 1 spiro atoms. The minimum Gasteiger partial charge on any atom is -0.411 e. The van der Waals surface area contributed by atoms with Crippen molar-refractivity contribution < 1.29 is 14.7 Å². The van der Waals surface area contributed by atoms with Crippen molar-refractivity contribution in [2.45, 2.75) is 37.9 Å². The van der Waals surface area contributed by atoms with Crippen LogP contribution in [0.2, 0.25) is 0 Å². The van der Waals surface area contributed by atoms with Crippen molar-refractivity contribution in [3.8, 4) is 0 Å². The summed E-state index contributed by atoms with van der Waals surface area (Å²) < 4.78 is 11.2. The first-order valence-corrected chi connectivity index (χ1v) is 4.82. The van der Waals surface area contributed by atoms with Crippen LogP contribution in [-0.2, 0) is 9.47 Å². The molecule has 1 saturated carbocycles. The first-order valence-electron chi connectivity index (χ1n) is 4.82. The molecule has 0 atom stereocenters. The molecule has 2 fully saturated rings. The van der Waals surface area contributed by atoms with Gasteiger partial charge in [0.25, 0.3) is 0 Å². The molecule has 0 aromatic rings. The second-order valence-electron chi connectivity index (χ2n) is 3.71. The van der Waals surface area contributed by atoms with Gasteiger partial charge in [-0.15, -0.1) is 0 Å². The third kappa shape index (κ3) is 1.84. The summed E-state index contributed by atoms with van der Waals surface area (Å²) >= 11 is 0. The van der Waals surface area contributed by atoms with Gasteiger partial charge in [0.2, 0.25) is 0 Å². The van der Waals surface area contributed by atoms with Gasteiger partial charge in [0.1, 0.15) is 5.71 Å². The fourth-order valence-corrected chi connectivity index (χ4v) is 1.95. The van der Waals surface area contributed by atoms with Gasteiger partial charge < -0.3 is 14.7 Å². The van der Waals surface area contributed by atoms with E-state index < -0.39 is 0 Å². The molecule has 2 rings (SSSR count). The van der Waals surface area contributed by atoms with Gasteiger partial charge in [0.15, 0.2) is 5.79 Å². The minimum absolute atomic E-state index is 0.355. The Bertz CT molecular complexity index is 197. The van der Waals surface area contributed by atoms with Crippen LogP contribution in [0.5, 0.6) is 0 Å². The number of hydrogen-bond acceptors (Lipinski definition) is 4. The van der Waals surface area contributed by atoms with Gasteiger partial charge in [0, 0.05) is 12.8 Å². The molecule has 0 radical (unpaired) electrons. The summed E-state index contributed by atoms with van der Waals surface area (Å²) in [6.07, 6.45) is 5.57. The van der Waals surface area contributed by atoms with Crippen LogP contribution in [0, 0.1) is 0 Å². The summed E-state index contributed by atoms with van der Waals surface area (Å²) in [6.45, 7) is 0.826. The van der Waals surface area contributed by atoms with Crippen LogP contribution in [0.15, 0.2) is 5.16 Å². The zero-order valence-corrected chi connectivity index (χ0v) is 7.66. The van der Waals surface area contributed by atoms with Gasteiger partial charge in [-0.2, -0.15) is 0 Å². The summed E-state index contributed by atoms with van der Waals surface area (Å²) in [5, 5.41) is 11.6. The third-order valence-corrected chi connectivity index (χ3v) is 2.76. The molecule has 1 aliphatic heterocycles. The normalized spacial score (nSPS) is 27.5. The molecule has 1 N–H and O–H groups in total. The minimum atomic E-state index is -0.355. The maximum Gasteiger partial charge on any atom is 0.169 e. The average Bonchev–Trinajstić information content (AvgIpc) is 2.20. The fourth-order valence-electron chi connectivity index (χ4n) is 1.95. The highest BCUT2D eigenvalue weighted by atomic mass is 16.7. The maximum absolute atomic E-state index is 8.51. The van der Waals surface area contributed by atoms with Crippen molar-refractivity contribution in [2.75, 3.05) is 13.2 Å². The number of ether oxygens (including phenoxy) is 2. The topological polar surface area (TPSA) is 51.1 Å². The summed E-state index contributed by atoms with van der Waals surface area (Å²) in [5.41, 5.74) is 0.580. The Kier molecular flexibility index (Phi) is 2.51. The lowest BCUT2D eigenvalue weighted by Crippen LogP contribution is -2.45. The molecule has 74 valence electrons. The molecule has 1 aliphatic carbocycles. The van der Waals surface area contributed by atoms with Gasteiger partial charge in [-0.3, -0.25) is 0 Å². The number of oxime groups is 1. The van der Waals surface area contributed by atoms with Crippen molar-refractivity contribution in [3.05, 3.63) is 0 Å². The molecule has 0 amide bonds. The smallest absolute Gasteiger partial charge is 0.169 e. The highest BCUT2D eigenvalue weighted by Gasteiger charge is 2.37. The number of hydrogen-bond donors (Lipinski definition) is 1. The van der Waals surface area contributed by atoms with Gasteiger partial charge >= 0.3 is 0 Å². The Balaban J connectivity index is 1.95. The van der Waals surface area contributed by atoms with Crippen molar-refractivity contribution in [1.82, 2.24) is 0 Å². The van der Waals surface area contributed by atoms with E-state index >= 15 is 0 Å². The summed E-state index contributed by atoms with van der Waals surface area (Å²) in [6, 6.07) is 0. The lowest BCUT2D eigenvalue weighted by Gasteiger charge is -2.39. The Morgan fingerprint density at radius 2 is 1.69 bits per heavy atom. The lowest BCUT2D eigenvalue weighted by molar-refractivity contribution is -0.251. The van der Waals surface area contributed by atoms with Crippen LogP contribution in [0.3, 0.4) is 0 Å². The van der Waals surface area contributed by atoms with Crippen LogP contribution in [0.1, 0.15) is 32.1 Å². The molecule has 1 saturated heterocycles. The predicted molar refractivity (Wildman–Crippen MR) is 46.9 cm³/mol. The molecular weight excluding hydrogens is 170 g/mol. The fraction of sp³-hybridized carbons (Fsp3) is 0.889. The Hall–Kier alpha value is -0.610. The summed E-state index contributed by atoms with van der Waals surface area (Å²) in [7, 11) is 0. The first-order chi connectivity index (χ1) is 6.35. The maximum atomic E-state index is 8.51. The lowest BCUT2D eigenvalue weighted by atomic mass is 9.93. The molecule has 2 aliphatic rings. The molecule has 4 nitrogen and oxygen atoms in total. The average molecular weight is 185 g/mol. The molecular formula is C9H15NO3. The van der Waals surface area contributed by atoms with Gasteiger partial charge in [-0.05, 0) is 12.8 Å². The van der Waals surface area contributed by atoms with Gasteiger partial charge in [0.05, 0.1) is 13.2 Å². The van der Waals surface area contributed by atoms with Crippen molar-refractivity contribution >= 4 is 5.71 Å². The van der Waals surface area contributed by atoms with Crippen molar-refractivity contribution in [3.63, 3.8) is 0 Å². The SMILES string of the molecule is ON=C1COC2(CCCCC2)OC1. The van der Waals surface area contributed by atoms with E-state index in [0.717, 1.165) is 12.8 Å². The standard InChI is InChI=1S/C9H15NO3/c11-10-8-6-12-9(13-7-8)4-2-1-3-5-9/h11H,1-7H2. The monoisotopic (exact) mass is 185 g/mol. The van der Waals surface area contributed by atoms with Crippen LogP contribution in [-0.4, -0.2) is 29.9 Å². The highest BCUT2D eigenvalue weighted by molar-refractivity contribution is 5.86. The van der Waals surface area contributed by atoms with Gasteiger partial charge in [-0.25, -0.2) is 0 Å². The predicted octanol–water partition coefficient (Wildman–Crippen LogP) is 1.52. The van der Waals surface area contributed by atoms with Crippen LogP contribution in [0.4, 0.5) is 0 Å². The Morgan fingerprint density at radius 1 is 1.08 bits per heavy atom. The summed E-state index contributed by atoms with van der Waals surface area (Å²) in [4.78, 5) is 0. The van der Waals surface area contributed by atoms with E-state index in [1.807, 2.05) is 0 Å². The Labute approximate surface area is 77.5 Å². The molecule has 0 unspecified atom stereocenters. The van der Waals surface area contributed by atoms with Crippen LogP contribution >= 0.6 is 0 Å². The molecule has 0 bridgehead atoms. The zero-order chi connectivity index (χ0) is 9.15. The van der Waals surface area contributed by atoms with E-state index in [1.165, 1.54) is 19.3 Å². The summed E-state index contributed by atoms with van der Waals surface area (Å²) in [5.74, 6) is -0.355. The quantitative estimate of drug-likeness (QED) is 0.460. The van der Waals surface area contributed by atoms with Crippen molar-refractivity contribution in [1.29, 1.82) is 0 Å². The largest absolute Gasteiger partial charge is 0.411 e. The second kappa shape index (κ2) is 3.64. The molecule has 0 aromatic carbocycles. The molecule has 0 aromatic heterocycles. The highest BCUT2D eigenvalue weighted by Crippen LogP contribution is 2.34. The van der Waals surface area contributed by atoms with Crippen LogP contribution in [0.25, 0.3) is 0 Å². The molecule has 13 heavy (non-hydrogen) atoms. The molecule has 4 heteroatoms. The van der Waals surface area contributed by atoms with Gasteiger partial charge in [-0.1, -0.05) is 11.6 Å². The van der Waals surface area contributed by atoms with E-state index in [4.69, 9.17) is 14.7 Å². The third-order valence-electron chi connectivity index (χ3n) is 2.76.